The Morgan fingerprint density at radius 3 is 1.98 bits per heavy atom. The van der Waals surface area contributed by atoms with Crippen LogP contribution in [0.3, 0.4) is 0 Å². The lowest BCUT2D eigenvalue weighted by Crippen LogP contribution is -2.41. The normalized spacial score (nSPS) is 13.1. The number of carbonyl (C=O) groups is 3. The summed E-state index contributed by atoms with van der Waals surface area (Å²) in [4.78, 5) is 41.2. The van der Waals surface area contributed by atoms with E-state index in [2.05, 4.69) is 5.32 Å². The number of carboxylic acids is 1. The Hall–Kier alpha value is -5.18. The molecule has 3 aromatic carbocycles. The van der Waals surface area contributed by atoms with Crippen molar-refractivity contribution in [3.8, 4) is 22.3 Å². The summed E-state index contributed by atoms with van der Waals surface area (Å²) in [5.41, 5.74) is 9.85. The number of aliphatic imine (C=N–C) groups is 1. The van der Waals surface area contributed by atoms with Crippen LogP contribution in [0, 0.1) is 5.41 Å². The molecule has 4 rings (SSSR count). The van der Waals surface area contributed by atoms with Crippen LogP contribution in [0.25, 0.3) is 22.3 Å². The fraction of sp³-hybridized carbons (Fsp3) is 0.257. The quantitative estimate of drug-likeness (QED) is 0.151. The molecular weight excluding hydrogens is 556 g/mol. The Kier molecular flexibility index (Phi) is 10.0. The molecule has 4 N–H and O–H groups in total. The molecule has 0 fully saturated rings. The van der Waals surface area contributed by atoms with Crippen molar-refractivity contribution in [3.63, 3.8) is 0 Å². The van der Waals surface area contributed by atoms with Crippen molar-refractivity contribution in [1.29, 1.82) is 0 Å². The van der Waals surface area contributed by atoms with Crippen LogP contribution < -0.4 is 11.1 Å². The summed E-state index contributed by atoms with van der Waals surface area (Å²) in [7, 11) is 1.55. The van der Waals surface area contributed by atoms with Gasteiger partial charge in [-0.05, 0) is 51.4 Å². The molecule has 0 aliphatic rings. The molecule has 9 heteroatoms. The van der Waals surface area contributed by atoms with Crippen LogP contribution in [0.4, 0.5) is 0 Å². The fourth-order valence-electron chi connectivity index (χ4n) is 4.81. The third kappa shape index (κ3) is 8.01. The van der Waals surface area contributed by atoms with Crippen LogP contribution in [-0.2, 0) is 20.9 Å². The number of carbonyl (C=O) groups excluding carboxylic acids is 2. The second kappa shape index (κ2) is 13.9. The van der Waals surface area contributed by atoms with Crippen molar-refractivity contribution in [2.24, 2.45) is 16.1 Å². The smallest absolute Gasteiger partial charge is 0.305 e. The maximum absolute atomic E-state index is 12.9. The summed E-state index contributed by atoms with van der Waals surface area (Å²) < 4.78 is 8.00. The van der Waals surface area contributed by atoms with Crippen LogP contribution in [0.5, 0.6) is 0 Å². The van der Waals surface area contributed by atoms with Crippen LogP contribution in [0.2, 0.25) is 0 Å². The van der Waals surface area contributed by atoms with Gasteiger partial charge in [-0.1, -0.05) is 87.5 Å². The molecule has 0 radical (unpaired) electrons. The fourth-order valence-corrected chi connectivity index (χ4v) is 4.81. The third-order valence-electron chi connectivity index (χ3n) is 7.25. The average Bonchev–Trinajstić information content (AvgIpc) is 3.50. The summed E-state index contributed by atoms with van der Waals surface area (Å²) in [5, 5.41) is 12.6. The average molecular weight is 595 g/mol. The minimum Gasteiger partial charge on any atom is -0.481 e. The Morgan fingerprint density at radius 2 is 1.45 bits per heavy atom. The van der Waals surface area contributed by atoms with Gasteiger partial charge in [-0.2, -0.15) is 0 Å². The highest BCUT2D eigenvalue weighted by atomic mass is 16.5. The number of hydrogen-bond donors (Lipinski definition) is 3. The monoisotopic (exact) mass is 594 g/mol. The van der Waals surface area contributed by atoms with Gasteiger partial charge in [0.05, 0.1) is 6.42 Å². The first kappa shape index (κ1) is 31.7. The highest BCUT2D eigenvalue weighted by molar-refractivity contribution is 5.93. The number of aromatic nitrogens is 1. The number of aliphatic carboxylic acids is 1. The topological polar surface area (TPSA) is 136 Å². The molecule has 0 aliphatic carbocycles. The second-order valence-corrected chi connectivity index (χ2v) is 11.6. The number of nitrogens with two attached hydrogens (primary N) is 1. The molecule has 0 saturated heterocycles. The van der Waals surface area contributed by atoms with Crippen LogP contribution in [0.15, 0.2) is 102 Å². The Bertz CT molecular complexity index is 1620. The van der Waals surface area contributed by atoms with Gasteiger partial charge in [-0.25, -0.2) is 4.99 Å². The standard InChI is InChI=1S/C35H38N4O5/c1-35(2,3)31(33(43)37-4)38-34(44-22-23-8-6-5-7-9-23)29(20-30(40)41)39-19-18-28(21-39)26-12-10-24(11-13-26)25-14-16-27(17-15-25)32(36)42/h5-19,21,29,31H,20,22H2,1-4H3,(H2,36,42)(H,37,43)(H,40,41)/t29-,31-/m1/s1. The van der Waals surface area contributed by atoms with E-state index in [1.165, 1.54) is 0 Å². The summed E-state index contributed by atoms with van der Waals surface area (Å²) >= 11 is 0. The number of amides is 2. The van der Waals surface area contributed by atoms with Gasteiger partial charge in [0.1, 0.15) is 18.7 Å². The van der Waals surface area contributed by atoms with E-state index in [0.29, 0.717) is 5.56 Å². The van der Waals surface area contributed by atoms with Crippen molar-refractivity contribution >= 4 is 23.7 Å². The lowest BCUT2D eigenvalue weighted by atomic mass is 9.86. The van der Waals surface area contributed by atoms with Gasteiger partial charge in [-0.15, -0.1) is 0 Å². The molecule has 4 aromatic rings. The van der Waals surface area contributed by atoms with Crippen LogP contribution in [-0.4, -0.2) is 46.4 Å². The minimum absolute atomic E-state index is 0.163. The van der Waals surface area contributed by atoms with Crippen LogP contribution in [0.1, 0.15) is 49.2 Å². The Morgan fingerprint density at radius 1 is 0.886 bits per heavy atom. The molecule has 44 heavy (non-hydrogen) atoms. The van der Waals surface area contributed by atoms with Crippen molar-refractivity contribution in [3.05, 3.63) is 108 Å². The number of carboxylic acid groups (broad SMARTS) is 1. The molecule has 0 unspecified atom stereocenters. The van der Waals surface area contributed by atoms with E-state index in [1.54, 1.807) is 29.9 Å². The molecule has 1 aromatic heterocycles. The van der Waals surface area contributed by atoms with E-state index in [9.17, 15) is 19.5 Å². The Balaban J connectivity index is 1.68. The highest BCUT2D eigenvalue weighted by Gasteiger charge is 2.33. The molecule has 0 bridgehead atoms. The number of hydrogen-bond acceptors (Lipinski definition) is 5. The molecule has 1 heterocycles. The SMILES string of the molecule is CNC(=O)[C@@H](N=C(OCc1ccccc1)[C@@H](CC(=O)O)n1ccc(-c2ccc(-c3ccc(C(N)=O)cc3)cc2)c1)C(C)(C)C. The zero-order valence-corrected chi connectivity index (χ0v) is 25.4. The summed E-state index contributed by atoms with van der Waals surface area (Å²) in [5.74, 6) is -1.62. The number of benzene rings is 3. The number of primary amides is 1. The lowest BCUT2D eigenvalue weighted by Gasteiger charge is -2.28. The van der Waals surface area contributed by atoms with Gasteiger partial charge in [-0.3, -0.25) is 14.4 Å². The first-order chi connectivity index (χ1) is 21.0. The van der Waals surface area contributed by atoms with Gasteiger partial charge >= 0.3 is 5.97 Å². The van der Waals surface area contributed by atoms with E-state index in [0.717, 1.165) is 27.8 Å². The number of nitrogens with one attached hydrogen (secondary N) is 1. The molecule has 9 nitrogen and oxygen atoms in total. The van der Waals surface area contributed by atoms with Gasteiger partial charge in [0.2, 0.25) is 17.7 Å². The second-order valence-electron chi connectivity index (χ2n) is 11.6. The largest absolute Gasteiger partial charge is 0.481 e. The summed E-state index contributed by atoms with van der Waals surface area (Å²) in [6.07, 6.45) is 3.36. The maximum Gasteiger partial charge on any atom is 0.305 e. The molecule has 2 amide bonds. The number of ether oxygens (including phenoxy) is 1. The predicted octanol–water partition coefficient (Wildman–Crippen LogP) is 5.71. The predicted molar refractivity (Wildman–Crippen MR) is 171 cm³/mol. The zero-order chi connectivity index (χ0) is 31.9. The molecular formula is C35H38N4O5. The lowest BCUT2D eigenvalue weighted by molar-refractivity contribution is -0.137. The van der Waals surface area contributed by atoms with Crippen molar-refractivity contribution in [2.45, 2.75) is 45.9 Å². The van der Waals surface area contributed by atoms with E-state index >= 15 is 0 Å². The number of nitrogens with zero attached hydrogens (tertiary/aromatic N) is 2. The number of likely N-dealkylation sites (N-methyl/N-ethyl adjacent to an activating group) is 1. The van der Waals surface area contributed by atoms with Gasteiger partial charge in [0.15, 0.2) is 0 Å². The van der Waals surface area contributed by atoms with Crippen LogP contribution >= 0.6 is 0 Å². The third-order valence-corrected chi connectivity index (χ3v) is 7.25. The van der Waals surface area contributed by atoms with Gasteiger partial charge in [0.25, 0.3) is 0 Å². The zero-order valence-electron chi connectivity index (χ0n) is 25.4. The summed E-state index contributed by atoms with van der Waals surface area (Å²) in [6, 6.07) is 24.8. The van der Waals surface area contributed by atoms with E-state index in [1.807, 2.05) is 99.8 Å². The number of rotatable bonds is 11. The van der Waals surface area contributed by atoms with Gasteiger partial charge < -0.3 is 25.5 Å². The van der Waals surface area contributed by atoms with Crippen molar-refractivity contribution < 1.29 is 24.2 Å². The minimum atomic E-state index is -1.03. The van der Waals surface area contributed by atoms with E-state index in [4.69, 9.17) is 15.5 Å². The Labute approximate surface area is 257 Å². The maximum atomic E-state index is 12.9. The van der Waals surface area contributed by atoms with Gasteiger partial charge in [0, 0.05) is 25.0 Å². The molecule has 228 valence electrons. The molecule has 0 saturated carbocycles. The first-order valence-electron chi connectivity index (χ1n) is 14.3. The molecule has 2 atom stereocenters. The van der Waals surface area contributed by atoms with Crippen molar-refractivity contribution in [1.82, 2.24) is 9.88 Å². The first-order valence-corrected chi connectivity index (χ1v) is 14.3. The van der Waals surface area contributed by atoms with E-state index < -0.39 is 29.4 Å². The molecule has 0 spiro atoms. The highest BCUT2D eigenvalue weighted by Crippen LogP contribution is 2.29. The molecule has 0 aliphatic heterocycles. The van der Waals surface area contributed by atoms with E-state index in [-0.39, 0.29) is 24.8 Å². The summed E-state index contributed by atoms with van der Waals surface area (Å²) in [6.45, 7) is 5.87. The van der Waals surface area contributed by atoms with Crippen molar-refractivity contribution in [2.75, 3.05) is 7.05 Å².